The molecule has 1 aromatic carbocycles. The summed E-state index contributed by atoms with van der Waals surface area (Å²) in [6, 6.07) is 4.07. The number of halogens is 1. The number of anilines is 1. The standard InChI is InChI=1S/C8H10BNO5.ClH/c1-14-8(11)5-2-3-7(6(10)4-5)15-9(12)13;/h2-4,12-13H,10H2,1H3;1H. The van der Waals surface area contributed by atoms with Gasteiger partial charge in [0.2, 0.25) is 0 Å². The summed E-state index contributed by atoms with van der Waals surface area (Å²) in [5, 5.41) is 17.1. The molecule has 0 radical (unpaired) electrons. The highest BCUT2D eigenvalue weighted by atomic mass is 35.5. The first-order chi connectivity index (χ1) is 7.04. The summed E-state index contributed by atoms with van der Waals surface area (Å²) in [6.07, 6.45) is 0. The Bertz CT molecular complexity index is 373. The number of ether oxygens (including phenoxy) is 1. The second kappa shape index (κ2) is 6.21. The van der Waals surface area contributed by atoms with Crippen LogP contribution in [0.4, 0.5) is 5.69 Å². The Kier molecular flexibility index (Phi) is 5.66. The number of methoxy groups -OCH3 is 1. The first kappa shape index (κ1) is 14.6. The number of carbonyl (C=O) groups excluding carboxylic acids is 1. The minimum Gasteiger partial charge on any atom is -0.510 e. The third-order valence-corrected chi connectivity index (χ3v) is 1.66. The predicted octanol–water partition coefficient (Wildman–Crippen LogP) is -0.175. The largest absolute Gasteiger partial charge is 0.707 e. The summed E-state index contributed by atoms with van der Waals surface area (Å²) in [5.74, 6) is -0.449. The van der Waals surface area contributed by atoms with Crippen LogP contribution in [0.3, 0.4) is 0 Å². The van der Waals surface area contributed by atoms with Crippen LogP contribution in [0.15, 0.2) is 18.2 Å². The molecule has 0 saturated carbocycles. The Labute approximate surface area is 98.6 Å². The van der Waals surface area contributed by atoms with E-state index >= 15 is 0 Å². The molecular weight excluding hydrogens is 236 g/mol. The van der Waals surface area contributed by atoms with Crippen LogP contribution >= 0.6 is 12.4 Å². The molecule has 0 unspecified atom stereocenters. The van der Waals surface area contributed by atoms with E-state index in [-0.39, 0.29) is 29.4 Å². The molecule has 16 heavy (non-hydrogen) atoms. The molecule has 0 amide bonds. The second-order valence-corrected chi connectivity index (χ2v) is 2.69. The van der Waals surface area contributed by atoms with Gasteiger partial charge in [0, 0.05) is 0 Å². The van der Waals surface area contributed by atoms with Crippen LogP contribution in [0, 0.1) is 0 Å². The highest BCUT2D eigenvalue weighted by Gasteiger charge is 2.15. The molecule has 6 nitrogen and oxygen atoms in total. The van der Waals surface area contributed by atoms with Gasteiger partial charge in [0.05, 0.1) is 18.4 Å². The molecule has 0 aliphatic carbocycles. The third-order valence-electron chi connectivity index (χ3n) is 1.66. The molecule has 4 N–H and O–H groups in total. The molecule has 0 fully saturated rings. The number of esters is 1. The quantitative estimate of drug-likeness (QED) is 0.389. The SMILES string of the molecule is COC(=O)c1ccc(OB(O)O)c(N)c1.Cl. The Morgan fingerprint density at radius 1 is 1.44 bits per heavy atom. The van der Waals surface area contributed by atoms with Crippen LogP contribution in [0.2, 0.25) is 0 Å². The summed E-state index contributed by atoms with van der Waals surface area (Å²) in [5.41, 5.74) is 5.88. The second-order valence-electron chi connectivity index (χ2n) is 2.69. The van der Waals surface area contributed by atoms with E-state index in [1.807, 2.05) is 0 Å². The average molecular weight is 247 g/mol. The fourth-order valence-corrected chi connectivity index (χ4v) is 1.01. The van der Waals surface area contributed by atoms with Crippen molar-refractivity contribution in [3.63, 3.8) is 0 Å². The number of hydrogen-bond acceptors (Lipinski definition) is 6. The lowest BCUT2D eigenvalue weighted by molar-refractivity contribution is 0.0601. The Hall–Kier alpha value is -1.44. The maximum Gasteiger partial charge on any atom is 0.707 e. The number of nitrogens with two attached hydrogens (primary N) is 1. The van der Waals surface area contributed by atoms with Gasteiger partial charge < -0.3 is 25.2 Å². The fraction of sp³-hybridized carbons (Fsp3) is 0.125. The van der Waals surface area contributed by atoms with E-state index < -0.39 is 13.3 Å². The minimum atomic E-state index is -1.95. The topological polar surface area (TPSA) is 102 Å². The maximum atomic E-state index is 11.1. The van der Waals surface area contributed by atoms with Gasteiger partial charge >= 0.3 is 13.3 Å². The number of rotatable bonds is 3. The normalized spacial score (nSPS) is 8.94. The molecule has 8 heteroatoms. The molecule has 1 rings (SSSR count). The number of nitrogen functional groups attached to an aromatic ring is 1. The van der Waals surface area contributed by atoms with Gasteiger partial charge in [-0.05, 0) is 18.2 Å². The van der Waals surface area contributed by atoms with Gasteiger partial charge in [-0.15, -0.1) is 12.4 Å². The van der Waals surface area contributed by atoms with Crippen LogP contribution in [-0.2, 0) is 4.74 Å². The van der Waals surface area contributed by atoms with Crippen molar-refractivity contribution in [2.75, 3.05) is 12.8 Å². The van der Waals surface area contributed by atoms with Crippen molar-refractivity contribution in [3.05, 3.63) is 23.8 Å². The van der Waals surface area contributed by atoms with Crippen molar-refractivity contribution in [1.29, 1.82) is 0 Å². The molecule has 0 heterocycles. The number of benzene rings is 1. The van der Waals surface area contributed by atoms with Gasteiger partial charge in [0.1, 0.15) is 5.75 Å². The lowest BCUT2D eigenvalue weighted by atomic mass is 10.1. The van der Waals surface area contributed by atoms with Crippen LogP contribution in [0.5, 0.6) is 5.75 Å². The van der Waals surface area contributed by atoms with E-state index in [9.17, 15) is 4.79 Å². The van der Waals surface area contributed by atoms with E-state index in [1.54, 1.807) is 0 Å². The first-order valence-corrected chi connectivity index (χ1v) is 4.05. The summed E-state index contributed by atoms with van der Waals surface area (Å²) < 4.78 is 9.03. The van der Waals surface area contributed by atoms with Crippen molar-refractivity contribution in [2.24, 2.45) is 0 Å². The molecule has 1 aromatic rings. The summed E-state index contributed by atoms with van der Waals surface area (Å²) in [6.45, 7) is 0. The zero-order valence-corrected chi connectivity index (χ0v) is 9.23. The molecule has 88 valence electrons. The lowest BCUT2D eigenvalue weighted by Gasteiger charge is -2.08. The van der Waals surface area contributed by atoms with Crippen LogP contribution < -0.4 is 10.4 Å². The lowest BCUT2D eigenvalue weighted by Crippen LogP contribution is -2.21. The molecular formula is C8H11BClNO5. The number of hydrogen-bond donors (Lipinski definition) is 3. The van der Waals surface area contributed by atoms with E-state index in [2.05, 4.69) is 9.39 Å². The van der Waals surface area contributed by atoms with Crippen molar-refractivity contribution in [2.45, 2.75) is 0 Å². The highest BCUT2D eigenvalue weighted by molar-refractivity contribution is 6.34. The van der Waals surface area contributed by atoms with Gasteiger partial charge in [-0.3, -0.25) is 0 Å². The molecule has 0 spiro atoms. The van der Waals surface area contributed by atoms with E-state index in [4.69, 9.17) is 15.8 Å². The summed E-state index contributed by atoms with van der Waals surface area (Å²) in [4.78, 5) is 11.1. The number of carbonyl (C=O) groups is 1. The smallest absolute Gasteiger partial charge is 0.510 e. The summed E-state index contributed by atoms with van der Waals surface area (Å²) >= 11 is 0. The molecule has 0 aliphatic rings. The van der Waals surface area contributed by atoms with Crippen molar-refractivity contribution < 1.29 is 24.2 Å². The molecule has 0 bridgehead atoms. The molecule has 0 saturated heterocycles. The van der Waals surface area contributed by atoms with Crippen LogP contribution in [-0.4, -0.2) is 30.4 Å². The van der Waals surface area contributed by atoms with Crippen LogP contribution in [0.25, 0.3) is 0 Å². The summed E-state index contributed by atoms with van der Waals surface area (Å²) in [7, 11) is -0.697. The highest BCUT2D eigenvalue weighted by Crippen LogP contribution is 2.22. The zero-order chi connectivity index (χ0) is 11.4. The first-order valence-electron chi connectivity index (χ1n) is 4.05. The van der Waals surface area contributed by atoms with Gasteiger partial charge in [0.25, 0.3) is 0 Å². The Balaban J connectivity index is 0.00000225. The van der Waals surface area contributed by atoms with E-state index in [1.165, 1.54) is 25.3 Å². The molecule has 0 atom stereocenters. The van der Waals surface area contributed by atoms with Crippen molar-refractivity contribution in [1.82, 2.24) is 0 Å². The van der Waals surface area contributed by atoms with E-state index in [0.717, 1.165) is 0 Å². The Morgan fingerprint density at radius 3 is 2.50 bits per heavy atom. The monoisotopic (exact) mass is 247 g/mol. The molecule has 0 aliphatic heterocycles. The molecule has 0 aromatic heterocycles. The third kappa shape index (κ3) is 3.61. The van der Waals surface area contributed by atoms with Gasteiger partial charge in [-0.2, -0.15) is 0 Å². The fourth-order valence-electron chi connectivity index (χ4n) is 1.01. The van der Waals surface area contributed by atoms with Gasteiger partial charge in [-0.1, -0.05) is 0 Å². The predicted molar refractivity (Wildman–Crippen MR) is 60.3 cm³/mol. The maximum absolute atomic E-state index is 11.1. The van der Waals surface area contributed by atoms with Crippen molar-refractivity contribution >= 4 is 31.4 Å². The Morgan fingerprint density at radius 2 is 2.06 bits per heavy atom. The van der Waals surface area contributed by atoms with Gasteiger partial charge in [-0.25, -0.2) is 4.79 Å². The zero-order valence-electron chi connectivity index (χ0n) is 8.41. The van der Waals surface area contributed by atoms with Crippen molar-refractivity contribution in [3.8, 4) is 5.75 Å². The average Bonchev–Trinajstić information content (AvgIpc) is 2.19. The van der Waals surface area contributed by atoms with Crippen LogP contribution in [0.1, 0.15) is 10.4 Å². The van der Waals surface area contributed by atoms with Gasteiger partial charge in [0.15, 0.2) is 0 Å². The minimum absolute atomic E-state index is 0. The van der Waals surface area contributed by atoms with E-state index in [0.29, 0.717) is 0 Å².